The molecule has 8 heavy (non-hydrogen) atoms. The minimum absolute atomic E-state index is 1.44. The highest BCUT2D eigenvalue weighted by Crippen LogP contribution is 1.70. The number of hydrogen-bond acceptors (Lipinski definition) is 3. The van der Waals surface area contributed by atoms with Crippen LogP contribution >= 0.6 is 0 Å². The van der Waals surface area contributed by atoms with Crippen molar-refractivity contribution in [1.82, 2.24) is 5.01 Å². The molecule has 0 heterocycles. The molecule has 0 saturated carbocycles. The van der Waals surface area contributed by atoms with Crippen LogP contribution in [0, 0.1) is 0 Å². The van der Waals surface area contributed by atoms with Crippen LogP contribution in [0.15, 0.2) is 17.4 Å². The Morgan fingerprint density at radius 1 is 1.50 bits per heavy atom. The molecule has 0 aliphatic heterocycles. The van der Waals surface area contributed by atoms with Crippen LogP contribution in [-0.4, -0.2) is 25.3 Å². The average Bonchev–Trinajstić information content (AvgIpc) is 1.66. The molecular weight excluding hydrogens is 102 g/mol. The number of hydrogen-bond donors (Lipinski definition) is 1. The first-order valence-electron chi connectivity index (χ1n) is 2.35. The van der Waals surface area contributed by atoms with Gasteiger partial charge in [-0.05, 0) is 12.3 Å². The van der Waals surface area contributed by atoms with Crippen LogP contribution in [-0.2, 0) is 0 Å². The number of rotatable bonds is 2. The third-order valence-corrected chi connectivity index (χ3v) is 0.495. The smallest absolute Gasteiger partial charge is 0.0484 e. The predicted molar refractivity (Wildman–Crippen MR) is 35.5 cm³/mol. The molecule has 0 aromatic carbocycles. The number of nitrogens with zero attached hydrogens (tertiary/aromatic N) is 2. The summed E-state index contributed by atoms with van der Waals surface area (Å²) in [4.78, 5) is 0. The summed E-state index contributed by atoms with van der Waals surface area (Å²) in [6, 6.07) is 0. The molecule has 0 amide bonds. The zero-order valence-corrected chi connectivity index (χ0v) is 5.20. The molecule has 0 aromatic heterocycles. The van der Waals surface area contributed by atoms with Gasteiger partial charge in [0.25, 0.3) is 0 Å². The van der Waals surface area contributed by atoms with Crippen LogP contribution in [0.5, 0.6) is 0 Å². The van der Waals surface area contributed by atoms with Gasteiger partial charge in [-0.1, -0.05) is 0 Å². The van der Waals surface area contributed by atoms with E-state index in [-0.39, 0.29) is 0 Å². The summed E-state index contributed by atoms with van der Waals surface area (Å²) in [6.45, 7) is 0. The molecular formula is C5H11N3. The Bertz CT molecular complexity index is 93.8. The third kappa shape index (κ3) is 5.01. The normalized spacial score (nSPS) is 11.2. The monoisotopic (exact) mass is 113 g/mol. The van der Waals surface area contributed by atoms with Gasteiger partial charge in [0.2, 0.25) is 0 Å². The van der Waals surface area contributed by atoms with E-state index in [4.69, 9.17) is 5.73 Å². The largest absolute Gasteiger partial charge is 0.405 e. The number of hydrazone groups is 1. The first kappa shape index (κ1) is 7.01. The Morgan fingerprint density at radius 3 is 2.50 bits per heavy atom. The Labute approximate surface area is 49.5 Å². The summed E-state index contributed by atoms with van der Waals surface area (Å²) in [5.74, 6) is 0. The van der Waals surface area contributed by atoms with Crippen molar-refractivity contribution in [3.8, 4) is 0 Å². The van der Waals surface area contributed by atoms with Crippen molar-refractivity contribution in [3.63, 3.8) is 0 Å². The van der Waals surface area contributed by atoms with Crippen LogP contribution in [0.25, 0.3) is 0 Å². The Morgan fingerprint density at radius 2 is 2.12 bits per heavy atom. The Kier molecular flexibility index (Phi) is 3.66. The van der Waals surface area contributed by atoms with Gasteiger partial charge in [0.05, 0.1) is 0 Å². The van der Waals surface area contributed by atoms with Gasteiger partial charge >= 0.3 is 0 Å². The van der Waals surface area contributed by atoms with Gasteiger partial charge in [0.1, 0.15) is 0 Å². The van der Waals surface area contributed by atoms with Crippen molar-refractivity contribution in [2.24, 2.45) is 10.8 Å². The predicted octanol–water partition coefficient (Wildman–Crippen LogP) is 0.00620. The Hall–Kier alpha value is -0.990. The first-order valence-corrected chi connectivity index (χ1v) is 2.35. The molecule has 0 saturated heterocycles. The van der Waals surface area contributed by atoms with E-state index >= 15 is 0 Å². The minimum Gasteiger partial charge on any atom is -0.405 e. The third-order valence-electron chi connectivity index (χ3n) is 0.495. The van der Waals surface area contributed by atoms with Crippen molar-refractivity contribution in [2.75, 3.05) is 14.1 Å². The van der Waals surface area contributed by atoms with E-state index in [1.165, 1.54) is 6.20 Å². The van der Waals surface area contributed by atoms with E-state index in [0.717, 1.165) is 0 Å². The highest BCUT2D eigenvalue weighted by molar-refractivity contribution is 5.70. The summed E-state index contributed by atoms with van der Waals surface area (Å²) in [5, 5.41) is 5.55. The SMILES string of the molecule is CN(C)N=CC=CN. The molecule has 0 spiro atoms. The maximum Gasteiger partial charge on any atom is 0.0484 e. The van der Waals surface area contributed by atoms with E-state index in [2.05, 4.69) is 5.10 Å². The molecule has 0 radical (unpaired) electrons. The van der Waals surface area contributed by atoms with Crippen LogP contribution in [0.3, 0.4) is 0 Å². The topological polar surface area (TPSA) is 41.6 Å². The maximum absolute atomic E-state index is 5.02. The number of allylic oxidation sites excluding steroid dienone is 1. The zero-order chi connectivity index (χ0) is 6.41. The van der Waals surface area contributed by atoms with E-state index < -0.39 is 0 Å². The second kappa shape index (κ2) is 4.18. The maximum atomic E-state index is 5.02. The van der Waals surface area contributed by atoms with Gasteiger partial charge in [-0.25, -0.2) is 0 Å². The molecule has 3 heteroatoms. The van der Waals surface area contributed by atoms with Crippen molar-refractivity contribution in [3.05, 3.63) is 12.3 Å². The molecule has 0 aliphatic carbocycles. The second-order valence-corrected chi connectivity index (χ2v) is 1.50. The summed E-state index contributed by atoms with van der Waals surface area (Å²) in [5.41, 5.74) is 5.02. The van der Waals surface area contributed by atoms with E-state index in [1.807, 2.05) is 14.1 Å². The zero-order valence-electron chi connectivity index (χ0n) is 5.20. The summed E-state index contributed by atoms with van der Waals surface area (Å²) < 4.78 is 0. The van der Waals surface area contributed by atoms with E-state index in [0.29, 0.717) is 0 Å². The standard InChI is InChI=1S/C5H11N3/c1-8(2)7-5-3-4-6/h3-5H,6H2,1-2H3. The fraction of sp³-hybridized carbons (Fsp3) is 0.400. The molecule has 0 fully saturated rings. The van der Waals surface area contributed by atoms with Crippen molar-refractivity contribution < 1.29 is 0 Å². The lowest BCUT2D eigenvalue weighted by Gasteiger charge is -1.99. The molecule has 0 aliphatic rings. The molecule has 0 rings (SSSR count). The van der Waals surface area contributed by atoms with Crippen molar-refractivity contribution >= 4 is 6.21 Å². The molecule has 0 unspecified atom stereocenters. The molecule has 2 N–H and O–H groups in total. The van der Waals surface area contributed by atoms with Crippen LogP contribution in [0.2, 0.25) is 0 Å². The van der Waals surface area contributed by atoms with Gasteiger partial charge in [0, 0.05) is 20.3 Å². The minimum atomic E-state index is 1.44. The second-order valence-electron chi connectivity index (χ2n) is 1.50. The molecule has 0 aromatic rings. The van der Waals surface area contributed by atoms with Gasteiger partial charge in [-0.3, -0.25) is 0 Å². The van der Waals surface area contributed by atoms with Crippen molar-refractivity contribution in [2.45, 2.75) is 0 Å². The number of nitrogens with two attached hydrogens (primary N) is 1. The molecule has 0 atom stereocenters. The summed E-state index contributed by atoms with van der Waals surface area (Å²) >= 11 is 0. The van der Waals surface area contributed by atoms with Gasteiger partial charge in [0.15, 0.2) is 0 Å². The molecule has 0 bridgehead atoms. The van der Waals surface area contributed by atoms with E-state index in [1.54, 1.807) is 17.3 Å². The highest BCUT2D eigenvalue weighted by atomic mass is 15.4. The first-order chi connectivity index (χ1) is 3.77. The summed E-state index contributed by atoms with van der Waals surface area (Å²) in [6.07, 6.45) is 4.73. The van der Waals surface area contributed by atoms with Gasteiger partial charge < -0.3 is 10.7 Å². The molecule has 3 nitrogen and oxygen atoms in total. The lowest BCUT2D eigenvalue weighted by Crippen LogP contribution is -2.00. The summed E-state index contributed by atoms with van der Waals surface area (Å²) in [7, 11) is 3.70. The average molecular weight is 113 g/mol. The van der Waals surface area contributed by atoms with Crippen LogP contribution in [0.4, 0.5) is 0 Å². The highest BCUT2D eigenvalue weighted by Gasteiger charge is 1.69. The quantitative estimate of drug-likeness (QED) is 0.404. The van der Waals surface area contributed by atoms with Crippen LogP contribution in [0.1, 0.15) is 0 Å². The molecule has 46 valence electrons. The van der Waals surface area contributed by atoms with Gasteiger partial charge in [-0.15, -0.1) is 0 Å². The van der Waals surface area contributed by atoms with Crippen LogP contribution < -0.4 is 5.73 Å². The van der Waals surface area contributed by atoms with Crippen molar-refractivity contribution in [1.29, 1.82) is 0 Å². The van der Waals surface area contributed by atoms with Gasteiger partial charge in [-0.2, -0.15) is 5.10 Å². The fourth-order valence-corrected chi connectivity index (χ4v) is 0.222. The van der Waals surface area contributed by atoms with E-state index in [9.17, 15) is 0 Å². The fourth-order valence-electron chi connectivity index (χ4n) is 0.222. The lowest BCUT2D eigenvalue weighted by molar-refractivity contribution is 0.440. The Balaban J connectivity index is 3.34. The lowest BCUT2D eigenvalue weighted by atomic mass is 10.7.